The Kier molecular flexibility index (Phi) is 39.6. The summed E-state index contributed by atoms with van der Waals surface area (Å²) in [6, 6.07) is 0. The highest BCUT2D eigenvalue weighted by molar-refractivity contribution is 7.47. The van der Waals surface area contributed by atoms with Gasteiger partial charge in [0.15, 0.2) is 6.10 Å². The van der Waals surface area contributed by atoms with Gasteiger partial charge in [-0.05, 0) is 51.9 Å². The molecule has 2 unspecified atom stereocenters. The van der Waals surface area contributed by atoms with E-state index in [1.807, 2.05) is 0 Å². The normalized spacial score (nSPS) is 13.6. The summed E-state index contributed by atoms with van der Waals surface area (Å²) in [5.74, 6) is -0.802. The number of unbranched alkanes of at least 4 members (excludes halogenated alkanes) is 23. The predicted molar refractivity (Wildman–Crippen MR) is 226 cm³/mol. The van der Waals surface area contributed by atoms with E-state index < -0.39 is 26.5 Å². The van der Waals surface area contributed by atoms with Crippen LogP contribution in [0.1, 0.15) is 213 Å². The second-order valence-corrected chi connectivity index (χ2v) is 16.1. The first-order valence-corrected chi connectivity index (χ1v) is 23.8. The Hall–Kier alpha value is -1.73. The Balaban J connectivity index is 4.05. The van der Waals surface area contributed by atoms with Gasteiger partial charge < -0.3 is 14.4 Å². The first kappa shape index (κ1) is 52.3. The summed E-state index contributed by atoms with van der Waals surface area (Å²) in [7, 11) is -4.28. The number of hydrogen-bond acceptors (Lipinski definition) is 7. The molecule has 316 valence electrons. The van der Waals surface area contributed by atoms with Crippen LogP contribution in [0.2, 0.25) is 0 Å². The maximum absolute atomic E-state index is 12.6. The fraction of sp³-hybridized carbons (Fsp3) is 0.822. The van der Waals surface area contributed by atoms with Crippen molar-refractivity contribution in [2.45, 2.75) is 219 Å². The van der Waals surface area contributed by atoms with Crippen LogP contribution in [-0.4, -0.2) is 42.8 Å². The third-order valence-electron chi connectivity index (χ3n) is 9.46. The van der Waals surface area contributed by atoms with Crippen molar-refractivity contribution in [3.05, 3.63) is 36.5 Å². The van der Waals surface area contributed by atoms with Crippen LogP contribution < -0.4 is 0 Å². The summed E-state index contributed by atoms with van der Waals surface area (Å²) in [5.41, 5.74) is 0. The van der Waals surface area contributed by atoms with Crippen molar-refractivity contribution >= 4 is 19.8 Å². The van der Waals surface area contributed by atoms with Gasteiger partial charge >= 0.3 is 19.8 Å². The number of esters is 2. The van der Waals surface area contributed by atoms with Crippen LogP contribution in [0.25, 0.3) is 0 Å². The number of ether oxygens (including phenoxy) is 2. The Labute approximate surface area is 332 Å². The van der Waals surface area contributed by atoms with Gasteiger partial charge in [0.25, 0.3) is 0 Å². The smallest absolute Gasteiger partial charge is 0.462 e. The average Bonchev–Trinajstić information content (AvgIpc) is 3.15. The van der Waals surface area contributed by atoms with E-state index >= 15 is 0 Å². The number of phosphoric acid groups is 1. The molecule has 0 aromatic heterocycles. The summed E-state index contributed by atoms with van der Waals surface area (Å²) < 4.78 is 32.7. The van der Waals surface area contributed by atoms with Crippen LogP contribution in [0.15, 0.2) is 36.5 Å². The number of carbonyl (C=O) groups excluding carboxylic acids is 2. The summed E-state index contributed by atoms with van der Waals surface area (Å²) in [4.78, 5) is 34.8. The van der Waals surface area contributed by atoms with Gasteiger partial charge in [0.1, 0.15) is 6.61 Å². The molecular formula is C45H83O8P. The van der Waals surface area contributed by atoms with Gasteiger partial charge in [-0.1, -0.05) is 185 Å². The summed E-state index contributed by atoms with van der Waals surface area (Å²) in [6.07, 6.45) is 46.2. The zero-order valence-electron chi connectivity index (χ0n) is 35.1. The van der Waals surface area contributed by atoms with Crippen LogP contribution in [0, 0.1) is 0 Å². The van der Waals surface area contributed by atoms with Crippen molar-refractivity contribution in [1.82, 2.24) is 0 Å². The van der Waals surface area contributed by atoms with Crippen LogP contribution in [0.4, 0.5) is 0 Å². The van der Waals surface area contributed by atoms with Crippen LogP contribution in [0.3, 0.4) is 0 Å². The molecule has 0 rings (SSSR count). The molecule has 2 atom stereocenters. The predicted octanol–water partition coefficient (Wildman–Crippen LogP) is 14.0. The molecule has 0 aromatic carbocycles. The second kappa shape index (κ2) is 40.9. The Morgan fingerprint density at radius 3 is 1.43 bits per heavy atom. The zero-order chi connectivity index (χ0) is 39.6. The van der Waals surface area contributed by atoms with Crippen molar-refractivity contribution in [2.24, 2.45) is 0 Å². The molecule has 0 bridgehead atoms. The third-order valence-corrected chi connectivity index (χ3v) is 10.5. The molecule has 0 spiro atoms. The van der Waals surface area contributed by atoms with Crippen molar-refractivity contribution in [1.29, 1.82) is 0 Å². The molecule has 0 aromatic rings. The fourth-order valence-electron chi connectivity index (χ4n) is 6.23. The van der Waals surface area contributed by atoms with Gasteiger partial charge in [-0.3, -0.25) is 18.6 Å². The first-order chi connectivity index (χ1) is 26.3. The van der Waals surface area contributed by atoms with Crippen molar-refractivity contribution in [3.63, 3.8) is 0 Å². The zero-order valence-corrected chi connectivity index (χ0v) is 36.0. The van der Waals surface area contributed by atoms with Crippen molar-refractivity contribution in [2.75, 3.05) is 19.8 Å². The van der Waals surface area contributed by atoms with E-state index in [1.165, 1.54) is 109 Å². The Morgan fingerprint density at radius 2 is 0.944 bits per heavy atom. The molecule has 0 fully saturated rings. The van der Waals surface area contributed by atoms with Gasteiger partial charge in [0, 0.05) is 12.8 Å². The maximum Gasteiger partial charge on any atom is 0.472 e. The topological polar surface area (TPSA) is 108 Å². The van der Waals surface area contributed by atoms with E-state index in [1.54, 1.807) is 6.92 Å². The van der Waals surface area contributed by atoms with Gasteiger partial charge in [0.05, 0.1) is 13.2 Å². The monoisotopic (exact) mass is 783 g/mol. The summed E-state index contributed by atoms with van der Waals surface area (Å²) >= 11 is 0. The largest absolute Gasteiger partial charge is 0.472 e. The van der Waals surface area contributed by atoms with E-state index in [-0.39, 0.29) is 25.6 Å². The lowest BCUT2D eigenvalue weighted by Crippen LogP contribution is -2.29. The molecule has 0 saturated heterocycles. The van der Waals surface area contributed by atoms with Crippen LogP contribution >= 0.6 is 7.82 Å². The molecular weight excluding hydrogens is 699 g/mol. The van der Waals surface area contributed by atoms with E-state index in [2.05, 4.69) is 50.3 Å². The molecule has 0 aliphatic rings. The minimum atomic E-state index is -4.28. The highest BCUT2D eigenvalue weighted by Crippen LogP contribution is 2.43. The number of rotatable bonds is 41. The molecule has 0 heterocycles. The molecule has 0 radical (unpaired) electrons. The minimum Gasteiger partial charge on any atom is -0.462 e. The van der Waals surface area contributed by atoms with Gasteiger partial charge in [0.2, 0.25) is 0 Å². The molecule has 8 nitrogen and oxygen atoms in total. The molecule has 0 amide bonds. The highest BCUT2D eigenvalue weighted by atomic mass is 31.2. The van der Waals surface area contributed by atoms with Crippen molar-refractivity contribution in [3.8, 4) is 0 Å². The number of allylic oxidation sites excluding steroid dienone is 6. The molecule has 0 aliphatic heterocycles. The lowest BCUT2D eigenvalue weighted by Gasteiger charge is -2.19. The molecule has 0 saturated carbocycles. The summed E-state index contributed by atoms with van der Waals surface area (Å²) in [5, 5.41) is 0. The molecule has 54 heavy (non-hydrogen) atoms. The Bertz CT molecular complexity index is 979. The standard InChI is InChI=1S/C45H83O8P/c1-4-7-9-11-13-15-17-19-21-23-25-27-29-31-33-35-37-39-44(46)50-41-43(42-52-54(48,49)51-6-3)53-45(47)40-38-36-34-32-30-28-26-24-22-20-18-16-14-12-10-8-5-2/h8,10,14,16,20,22,43H,4-7,9,11-13,15,17-19,21,23-42H2,1-3H3,(H,48,49)/b10-8-,16-14-,22-20-. The lowest BCUT2D eigenvalue weighted by molar-refractivity contribution is -0.161. The van der Waals surface area contributed by atoms with Gasteiger partial charge in [-0.2, -0.15) is 0 Å². The quantitative estimate of drug-likeness (QED) is 0.0283. The third kappa shape index (κ3) is 39.9. The van der Waals surface area contributed by atoms with Crippen LogP contribution in [0.5, 0.6) is 0 Å². The second-order valence-electron chi connectivity index (χ2n) is 14.7. The van der Waals surface area contributed by atoms with E-state index in [4.69, 9.17) is 18.5 Å². The molecule has 0 aliphatic carbocycles. The number of phosphoric ester groups is 1. The Morgan fingerprint density at radius 1 is 0.519 bits per heavy atom. The van der Waals surface area contributed by atoms with E-state index in [0.717, 1.165) is 64.2 Å². The number of hydrogen-bond donors (Lipinski definition) is 1. The van der Waals surface area contributed by atoms with E-state index in [0.29, 0.717) is 12.8 Å². The highest BCUT2D eigenvalue weighted by Gasteiger charge is 2.25. The van der Waals surface area contributed by atoms with Crippen molar-refractivity contribution < 1.29 is 37.6 Å². The van der Waals surface area contributed by atoms with E-state index in [9.17, 15) is 19.0 Å². The van der Waals surface area contributed by atoms with Gasteiger partial charge in [-0.25, -0.2) is 4.57 Å². The summed E-state index contributed by atoms with van der Waals surface area (Å²) in [6.45, 7) is 5.38. The SMILES string of the molecule is CC/C=C\C/C=C\C/C=C\CCCCCCCCCC(=O)OC(COC(=O)CCCCCCCCCCCCCCCCCCC)COP(=O)(O)OCC. The minimum absolute atomic E-state index is 0.000926. The average molecular weight is 783 g/mol. The maximum atomic E-state index is 12.6. The molecule has 9 heteroatoms. The fourth-order valence-corrected chi connectivity index (χ4v) is 6.99. The van der Waals surface area contributed by atoms with Crippen LogP contribution in [-0.2, 0) is 32.7 Å². The lowest BCUT2D eigenvalue weighted by atomic mass is 10.0. The number of carbonyl (C=O) groups is 2. The first-order valence-electron chi connectivity index (χ1n) is 22.3. The molecule has 1 N–H and O–H groups in total. The van der Waals surface area contributed by atoms with Gasteiger partial charge in [-0.15, -0.1) is 0 Å².